The molecule has 0 saturated heterocycles. The first kappa shape index (κ1) is 12.6. The average molecular weight is 284 g/mol. The lowest BCUT2D eigenvalue weighted by Gasteiger charge is -1.98. The third-order valence-corrected chi connectivity index (χ3v) is 3.02. The van der Waals surface area contributed by atoms with Gasteiger partial charge in [0.2, 0.25) is 10.6 Å². The van der Waals surface area contributed by atoms with Crippen LogP contribution in [0.2, 0.25) is 0 Å². The summed E-state index contributed by atoms with van der Waals surface area (Å²) in [4.78, 5) is 0. The third-order valence-electron chi connectivity index (χ3n) is 2.76. The number of H-pyrrole nitrogens is 1. The van der Waals surface area contributed by atoms with Crippen molar-refractivity contribution < 1.29 is 4.42 Å². The highest BCUT2D eigenvalue weighted by molar-refractivity contribution is 7.71. The Bertz CT molecular complexity index is 799. The van der Waals surface area contributed by atoms with E-state index in [1.807, 2.05) is 37.3 Å². The van der Waals surface area contributed by atoms with Gasteiger partial charge in [-0.3, -0.25) is 0 Å². The van der Waals surface area contributed by atoms with E-state index >= 15 is 0 Å². The fraction of sp³-hybridized carbons (Fsp3) is 0.0714. The molecule has 1 N–H and O–H groups in total. The van der Waals surface area contributed by atoms with Crippen molar-refractivity contribution in [1.29, 1.82) is 0 Å². The van der Waals surface area contributed by atoms with Crippen molar-refractivity contribution in [3.05, 3.63) is 58.6 Å². The Balaban J connectivity index is 1.99. The van der Waals surface area contributed by atoms with Gasteiger partial charge in [-0.15, -0.1) is 5.10 Å². The molecule has 0 spiro atoms. The predicted molar refractivity (Wildman–Crippen MR) is 79.3 cm³/mol. The molecule has 0 bridgehead atoms. The van der Waals surface area contributed by atoms with E-state index in [0.717, 1.165) is 5.56 Å². The molecule has 0 aliphatic carbocycles. The van der Waals surface area contributed by atoms with Crippen molar-refractivity contribution in [3.63, 3.8) is 0 Å². The molecule has 0 aliphatic rings. The molecular weight excluding hydrogens is 272 g/mol. The van der Waals surface area contributed by atoms with Crippen LogP contribution in [0.15, 0.2) is 52.2 Å². The zero-order valence-corrected chi connectivity index (χ0v) is 11.6. The number of furan rings is 1. The Morgan fingerprint density at radius 1 is 1.35 bits per heavy atom. The summed E-state index contributed by atoms with van der Waals surface area (Å²) in [6.07, 6.45) is 3.33. The largest absolute Gasteiger partial charge is 0.461 e. The zero-order chi connectivity index (χ0) is 13.9. The van der Waals surface area contributed by atoms with Crippen LogP contribution in [0.1, 0.15) is 11.1 Å². The van der Waals surface area contributed by atoms with E-state index in [1.165, 1.54) is 10.2 Å². The molecule has 2 heterocycles. The molecule has 3 rings (SSSR count). The van der Waals surface area contributed by atoms with E-state index < -0.39 is 0 Å². The molecule has 20 heavy (non-hydrogen) atoms. The van der Waals surface area contributed by atoms with Crippen molar-refractivity contribution in [2.24, 2.45) is 5.10 Å². The fourth-order valence-corrected chi connectivity index (χ4v) is 2.02. The number of nitrogens with zero attached hydrogens (tertiary/aromatic N) is 3. The van der Waals surface area contributed by atoms with E-state index in [9.17, 15) is 0 Å². The number of aromatic amines is 1. The van der Waals surface area contributed by atoms with E-state index in [4.69, 9.17) is 16.6 Å². The summed E-state index contributed by atoms with van der Waals surface area (Å²) in [6.45, 7) is 2.04. The number of rotatable bonds is 3. The van der Waals surface area contributed by atoms with E-state index in [-0.39, 0.29) is 0 Å². The highest BCUT2D eigenvalue weighted by Gasteiger charge is 2.10. The maximum absolute atomic E-state index is 5.32. The van der Waals surface area contributed by atoms with Crippen molar-refractivity contribution in [2.45, 2.75) is 6.92 Å². The van der Waals surface area contributed by atoms with Crippen LogP contribution in [0.5, 0.6) is 0 Å². The Labute approximate surface area is 120 Å². The molecule has 0 radical (unpaired) electrons. The maximum atomic E-state index is 5.32. The summed E-state index contributed by atoms with van der Waals surface area (Å²) in [5.41, 5.74) is 2.18. The van der Waals surface area contributed by atoms with Gasteiger partial charge in [0, 0.05) is 0 Å². The molecule has 0 fully saturated rings. The third kappa shape index (κ3) is 2.46. The van der Waals surface area contributed by atoms with Crippen molar-refractivity contribution >= 4 is 18.4 Å². The Hall–Kier alpha value is -2.47. The molecule has 100 valence electrons. The van der Waals surface area contributed by atoms with Gasteiger partial charge in [0.25, 0.3) is 0 Å². The van der Waals surface area contributed by atoms with Crippen molar-refractivity contribution in [2.75, 3.05) is 0 Å². The molecule has 5 nitrogen and oxygen atoms in total. The van der Waals surface area contributed by atoms with Crippen LogP contribution in [0.25, 0.3) is 11.6 Å². The number of aromatic nitrogens is 3. The molecule has 1 aromatic carbocycles. The summed E-state index contributed by atoms with van der Waals surface area (Å²) < 4.78 is 7.28. The monoisotopic (exact) mass is 284 g/mol. The Morgan fingerprint density at radius 3 is 3.00 bits per heavy atom. The molecular formula is C14H12N4OS. The van der Waals surface area contributed by atoms with Gasteiger partial charge in [0.05, 0.1) is 12.5 Å². The first-order valence-electron chi connectivity index (χ1n) is 6.06. The number of aryl methyl sites for hydroxylation is 1. The van der Waals surface area contributed by atoms with Gasteiger partial charge in [-0.25, -0.2) is 5.10 Å². The van der Waals surface area contributed by atoms with Crippen LogP contribution in [0, 0.1) is 11.7 Å². The molecule has 0 amide bonds. The minimum absolute atomic E-state index is 0.417. The Morgan fingerprint density at radius 2 is 2.25 bits per heavy atom. The van der Waals surface area contributed by atoms with Gasteiger partial charge in [0.1, 0.15) is 0 Å². The lowest BCUT2D eigenvalue weighted by atomic mass is 10.2. The van der Waals surface area contributed by atoms with Crippen LogP contribution < -0.4 is 0 Å². The van der Waals surface area contributed by atoms with Gasteiger partial charge in [0.15, 0.2) is 5.76 Å². The van der Waals surface area contributed by atoms with Gasteiger partial charge < -0.3 is 4.42 Å². The quantitative estimate of drug-likeness (QED) is 0.592. The standard InChI is InChI=1S/C14H12N4OS/c1-10-4-2-5-11(8-10)9-15-18-13(16-17-14(18)20)12-6-3-7-19-12/h2-9H,1H3,(H,17,20)/b15-9+. The number of nitrogens with one attached hydrogen (secondary N) is 1. The second-order valence-electron chi connectivity index (χ2n) is 4.30. The maximum Gasteiger partial charge on any atom is 0.219 e. The molecule has 3 aromatic rings. The van der Waals surface area contributed by atoms with Crippen LogP contribution in [-0.2, 0) is 0 Å². The van der Waals surface area contributed by atoms with Crippen LogP contribution >= 0.6 is 12.2 Å². The number of hydrogen-bond donors (Lipinski definition) is 1. The zero-order valence-electron chi connectivity index (χ0n) is 10.8. The summed E-state index contributed by atoms with van der Waals surface area (Å²) in [5.74, 6) is 1.16. The first-order chi connectivity index (χ1) is 9.74. The summed E-state index contributed by atoms with van der Waals surface area (Å²) in [7, 11) is 0. The van der Waals surface area contributed by atoms with Gasteiger partial charge in [-0.2, -0.15) is 9.78 Å². The molecule has 0 atom stereocenters. The van der Waals surface area contributed by atoms with Crippen LogP contribution in [0.4, 0.5) is 0 Å². The van der Waals surface area contributed by atoms with E-state index in [2.05, 4.69) is 15.3 Å². The average Bonchev–Trinajstić information content (AvgIpc) is 3.06. The lowest BCUT2D eigenvalue weighted by Crippen LogP contribution is -1.94. The highest BCUT2D eigenvalue weighted by Crippen LogP contribution is 2.17. The molecule has 6 heteroatoms. The SMILES string of the molecule is Cc1cccc(/C=N/n2c(-c3ccco3)n[nH]c2=S)c1. The predicted octanol–water partition coefficient (Wildman–Crippen LogP) is 3.39. The normalized spacial score (nSPS) is 11.2. The topological polar surface area (TPSA) is 59.1 Å². The fourth-order valence-electron chi connectivity index (χ4n) is 1.84. The number of benzene rings is 1. The van der Waals surface area contributed by atoms with Crippen molar-refractivity contribution in [3.8, 4) is 11.6 Å². The minimum atomic E-state index is 0.417. The van der Waals surface area contributed by atoms with Gasteiger partial charge in [-0.05, 0) is 36.8 Å². The molecule has 2 aromatic heterocycles. The van der Waals surface area contributed by atoms with Crippen LogP contribution in [0.3, 0.4) is 0 Å². The second-order valence-corrected chi connectivity index (χ2v) is 4.69. The van der Waals surface area contributed by atoms with Crippen molar-refractivity contribution in [1.82, 2.24) is 14.9 Å². The molecule has 0 saturated carbocycles. The number of hydrogen-bond acceptors (Lipinski definition) is 4. The van der Waals surface area contributed by atoms with Gasteiger partial charge in [-0.1, -0.05) is 29.8 Å². The molecule has 0 aliphatic heterocycles. The minimum Gasteiger partial charge on any atom is -0.461 e. The molecule has 0 unspecified atom stereocenters. The highest BCUT2D eigenvalue weighted by atomic mass is 32.1. The summed E-state index contributed by atoms with van der Waals surface area (Å²) in [6, 6.07) is 11.6. The Kier molecular flexibility index (Phi) is 3.30. The smallest absolute Gasteiger partial charge is 0.219 e. The van der Waals surface area contributed by atoms with Crippen LogP contribution in [-0.4, -0.2) is 21.1 Å². The lowest BCUT2D eigenvalue weighted by molar-refractivity contribution is 0.573. The first-order valence-corrected chi connectivity index (χ1v) is 6.47. The van der Waals surface area contributed by atoms with E-state index in [1.54, 1.807) is 18.5 Å². The summed E-state index contributed by atoms with van der Waals surface area (Å²) in [5, 5.41) is 11.2. The summed E-state index contributed by atoms with van der Waals surface area (Å²) >= 11 is 5.18. The second kappa shape index (κ2) is 5.26. The van der Waals surface area contributed by atoms with Gasteiger partial charge >= 0.3 is 0 Å². The van der Waals surface area contributed by atoms with E-state index in [0.29, 0.717) is 16.4 Å².